The predicted molar refractivity (Wildman–Crippen MR) is 124 cm³/mol. The van der Waals surface area contributed by atoms with Gasteiger partial charge in [0.15, 0.2) is 0 Å². The minimum atomic E-state index is -3.24. The molecule has 0 aliphatic carbocycles. The van der Waals surface area contributed by atoms with Gasteiger partial charge in [-0.3, -0.25) is 9.52 Å². The monoisotopic (exact) mass is 445 g/mol. The van der Waals surface area contributed by atoms with E-state index in [1.54, 1.807) is 12.1 Å². The molecule has 0 bridgehead atoms. The molecule has 3 rings (SSSR count). The molecular formula is C23H31N3O4S. The number of anilines is 2. The van der Waals surface area contributed by atoms with E-state index < -0.39 is 10.0 Å². The number of nitrogens with one attached hydrogen (secondary N) is 3. The van der Waals surface area contributed by atoms with Gasteiger partial charge < -0.3 is 15.4 Å². The molecule has 2 aromatic rings. The second-order valence-corrected chi connectivity index (χ2v) is 9.76. The van der Waals surface area contributed by atoms with E-state index in [2.05, 4.69) is 21.4 Å². The molecule has 0 saturated heterocycles. The van der Waals surface area contributed by atoms with Crippen LogP contribution in [0.3, 0.4) is 0 Å². The maximum absolute atomic E-state index is 11.7. The Hall–Kier alpha value is -2.58. The third kappa shape index (κ3) is 6.70. The molecule has 0 atom stereocenters. The maximum Gasteiger partial charge on any atom is 0.229 e. The third-order valence-corrected chi connectivity index (χ3v) is 5.84. The number of fused-ring (bicyclic) bond motifs is 1. The summed E-state index contributed by atoms with van der Waals surface area (Å²) in [5.41, 5.74) is 5.93. The highest BCUT2D eigenvalue weighted by Gasteiger charge is 2.22. The Labute approximate surface area is 184 Å². The van der Waals surface area contributed by atoms with Gasteiger partial charge in [-0.15, -0.1) is 0 Å². The molecule has 31 heavy (non-hydrogen) atoms. The summed E-state index contributed by atoms with van der Waals surface area (Å²) in [5.74, 6) is 0.957. The van der Waals surface area contributed by atoms with Crippen LogP contribution in [0.5, 0.6) is 5.75 Å². The maximum atomic E-state index is 11.7. The van der Waals surface area contributed by atoms with Crippen molar-refractivity contribution in [2.24, 2.45) is 0 Å². The lowest BCUT2D eigenvalue weighted by atomic mass is 9.95. The van der Waals surface area contributed by atoms with Gasteiger partial charge in [0, 0.05) is 24.2 Å². The van der Waals surface area contributed by atoms with Crippen molar-refractivity contribution in [1.82, 2.24) is 5.32 Å². The fraction of sp³-hybridized carbons (Fsp3) is 0.435. The zero-order chi connectivity index (χ0) is 22.4. The lowest BCUT2D eigenvalue weighted by Crippen LogP contribution is -2.24. The fourth-order valence-electron chi connectivity index (χ4n) is 3.83. The van der Waals surface area contributed by atoms with Gasteiger partial charge in [-0.05, 0) is 68.5 Å². The molecule has 1 aliphatic rings. The Kier molecular flexibility index (Phi) is 7.56. The van der Waals surface area contributed by atoms with Crippen LogP contribution in [0.4, 0.5) is 11.4 Å². The van der Waals surface area contributed by atoms with E-state index in [0.717, 1.165) is 60.3 Å². The first kappa shape index (κ1) is 23.1. The standard InChI is InChI=1S/C23H31N3O4S/c1-16-15-17(2)23(20-10-11-21(27)25-22(16)20)30-14-13-24-12-4-5-18-6-8-19(9-7-18)26-31(3,28)29/h6-9,15,24,26H,4-5,10-14H2,1-3H3,(H,25,27). The Bertz CT molecular complexity index is 1030. The van der Waals surface area contributed by atoms with E-state index in [1.165, 1.54) is 5.56 Å². The first-order valence-electron chi connectivity index (χ1n) is 10.6. The molecule has 0 saturated carbocycles. The lowest BCUT2D eigenvalue weighted by Gasteiger charge is -2.24. The lowest BCUT2D eigenvalue weighted by molar-refractivity contribution is -0.116. The number of benzene rings is 2. The van der Waals surface area contributed by atoms with Gasteiger partial charge in [0.1, 0.15) is 12.4 Å². The Morgan fingerprint density at radius 1 is 1.06 bits per heavy atom. The highest BCUT2D eigenvalue weighted by Crippen LogP contribution is 2.36. The summed E-state index contributed by atoms with van der Waals surface area (Å²) in [6.45, 7) is 6.23. The van der Waals surface area contributed by atoms with Crippen molar-refractivity contribution >= 4 is 27.3 Å². The van der Waals surface area contributed by atoms with Crippen molar-refractivity contribution < 1.29 is 17.9 Å². The molecule has 7 nitrogen and oxygen atoms in total. The number of ether oxygens (including phenoxy) is 1. The van der Waals surface area contributed by atoms with Gasteiger partial charge in [0.25, 0.3) is 0 Å². The summed E-state index contributed by atoms with van der Waals surface area (Å²) >= 11 is 0. The molecule has 1 amide bonds. The van der Waals surface area contributed by atoms with Crippen LogP contribution in [0.1, 0.15) is 35.1 Å². The minimum Gasteiger partial charge on any atom is -0.492 e. The largest absolute Gasteiger partial charge is 0.492 e. The van der Waals surface area contributed by atoms with Gasteiger partial charge in [-0.25, -0.2) is 8.42 Å². The molecule has 0 fully saturated rings. The Balaban J connectivity index is 1.40. The van der Waals surface area contributed by atoms with E-state index in [1.807, 2.05) is 26.0 Å². The summed E-state index contributed by atoms with van der Waals surface area (Å²) < 4.78 is 31.0. The van der Waals surface area contributed by atoms with Crippen LogP contribution in [0, 0.1) is 13.8 Å². The van der Waals surface area contributed by atoms with Crippen molar-refractivity contribution in [3.8, 4) is 5.75 Å². The van der Waals surface area contributed by atoms with Crippen molar-refractivity contribution in [3.63, 3.8) is 0 Å². The first-order valence-corrected chi connectivity index (χ1v) is 12.5. The highest BCUT2D eigenvalue weighted by atomic mass is 32.2. The molecule has 2 aromatic carbocycles. The van der Waals surface area contributed by atoms with Crippen LogP contribution in [-0.2, 0) is 27.7 Å². The van der Waals surface area contributed by atoms with E-state index in [4.69, 9.17) is 4.74 Å². The zero-order valence-corrected chi connectivity index (χ0v) is 19.2. The summed E-state index contributed by atoms with van der Waals surface area (Å²) in [5, 5.41) is 6.38. The van der Waals surface area contributed by atoms with Gasteiger partial charge in [-0.1, -0.05) is 18.2 Å². The molecule has 0 spiro atoms. The van der Waals surface area contributed by atoms with Crippen molar-refractivity contribution in [1.29, 1.82) is 0 Å². The second-order valence-electron chi connectivity index (χ2n) is 8.01. The topological polar surface area (TPSA) is 96.5 Å². The van der Waals surface area contributed by atoms with Crippen LogP contribution in [0.15, 0.2) is 30.3 Å². The van der Waals surface area contributed by atoms with E-state index >= 15 is 0 Å². The fourth-order valence-corrected chi connectivity index (χ4v) is 4.39. The number of carbonyl (C=O) groups excluding carboxylic acids is 1. The average Bonchev–Trinajstić information content (AvgIpc) is 2.69. The molecule has 168 valence electrons. The molecule has 0 radical (unpaired) electrons. The molecular weight excluding hydrogens is 414 g/mol. The van der Waals surface area contributed by atoms with Crippen LogP contribution >= 0.6 is 0 Å². The normalized spacial score (nSPS) is 13.5. The second kappa shape index (κ2) is 10.2. The summed E-state index contributed by atoms with van der Waals surface area (Å²) in [7, 11) is -3.24. The summed E-state index contributed by atoms with van der Waals surface area (Å²) in [6, 6.07) is 9.51. The quantitative estimate of drug-likeness (QED) is 0.488. The van der Waals surface area contributed by atoms with E-state index in [-0.39, 0.29) is 5.91 Å². The van der Waals surface area contributed by atoms with Gasteiger partial charge >= 0.3 is 0 Å². The average molecular weight is 446 g/mol. The number of aryl methyl sites for hydroxylation is 3. The molecule has 1 aliphatic heterocycles. The summed E-state index contributed by atoms with van der Waals surface area (Å²) in [6.07, 6.45) is 4.24. The molecule has 0 aromatic heterocycles. The van der Waals surface area contributed by atoms with E-state index in [9.17, 15) is 13.2 Å². The molecule has 0 unspecified atom stereocenters. The van der Waals surface area contributed by atoms with Crippen molar-refractivity contribution in [3.05, 3.63) is 52.6 Å². The molecule has 3 N–H and O–H groups in total. The predicted octanol–water partition coefficient (Wildman–Crippen LogP) is 3.16. The van der Waals surface area contributed by atoms with E-state index in [0.29, 0.717) is 25.1 Å². The van der Waals surface area contributed by atoms with Crippen LogP contribution in [0.2, 0.25) is 0 Å². The smallest absolute Gasteiger partial charge is 0.229 e. The van der Waals surface area contributed by atoms with Gasteiger partial charge in [0.05, 0.1) is 11.9 Å². The number of sulfonamides is 1. The summed E-state index contributed by atoms with van der Waals surface area (Å²) in [4.78, 5) is 11.7. The van der Waals surface area contributed by atoms with Crippen LogP contribution in [0.25, 0.3) is 0 Å². The highest BCUT2D eigenvalue weighted by molar-refractivity contribution is 7.92. The number of hydrogen-bond donors (Lipinski definition) is 3. The van der Waals surface area contributed by atoms with Gasteiger partial charge in [0.2, 0.25) is 15.9 Å². The zero-order valence-electron chi connectivity index (χ0n) is 18.4. The molecule has 1 heterocycles. The third-order valence-electron chi connectivity index (χ3n) is 5.23. The van der Waals surface area contributed by atoms with Crippen molar-refractivity contribution in [2.45, 2.75) is 39.5 Å². The first-order chi connectivity index (χ1) is 14.7. The van der Waals surface area contributed by atoms with Crippen LogP contribution < -0.4 is 20.1 Å². The van der Waals surface area contributed by atoms with Crippen molar-refractivity contribution in [2.75, 3.05) is 36.0 Å². The Morgan fingerprint density at radius 3 is 2.52 bits per heavy atom. The number of hydrogen-bond acceptors (Lipinski definition) is 5. The van der Waals surface area contributed by atoms with Crippen LogP contribution in [-0.4, -0.2) is 40.3 Å². The number of amides is 1. The minimum absolute atomic E-state index is 0.0633. The molecule has 8 heteroatoms. The number of carbonyl (C=O) groups is 1. The number of rotatable bonds is 10. The SMILES string of the molecule is Cc1cc(C)c(OCCNCCCc2ccc(NS(C)(=O)=O)cc2)c2c1NC(=O)CC2. The van der Waals surface area contributed by atoms with Gasteiger partial charge in [-0.2, -0.15) is 0 Å². The Morgan fingerprint density at radius 2 is 1.81 bits per heavy atom.